The van der Waals surface area contributed by atoms with Crippen LogP contribution in [0.25, 0.3) is 11.1 Å². The molecule has 1 aliphatic carbocycles. The van der Waals surface area contributed by atoms with Gasteiger partial charge >= 0.3 is 0 Å². The summed E-state index contributed by atoms with van der Waals surface area (Å²) in [4.78, 5) is 4.62. The average Bonchev–Trinajstić information content (AvgIpc) is 2.89. The van der Waals surface area contributed by atoms with Crippen molar-refractivity contribution in [3.8, 4) is 11.5 Å². The summed E-state index contributed by atoms with van der Waals surface area (Å²) in [5, 5.41) is 9.99. The second-order valence-electron chi connectivity index (χ2n) is 8.32. The molecule has 1 N–H and O–H groups in total. The van der Waals surface area contributed by atoms with Crippen LogP contribution in [0.2, 0.25) is 0 Å². The quantitative estimate of drug-likeness (QED) is 0.321. The van der Waals surface area contributed by atoms with Crippen LogP contribution in [0.5, 0.6) is 11.5 Å². The Morgan fingerprint density at radius 3 is 2.41 bits per heavy atom. The third-order valence-corrected chi connectivity index (χ3v) is 6.03. The molecule has 1 heterocycles. The number of aromatic hydroxyl groups is 1. The van der Waals surface area contributed by atoms with Crippen molar-refractivity contribution in [1.82, 2.24) is 4.98 Å². The van der Waals surface area contributed by atoms with Gasteiger partial charge in [0.1, 0.15) is 18.1 Å². The van der Waals surface area contributed by atoms with E-state index in [1.54, 1.807) is 6.07 Å². The number of ether oxygens (including phenoxy) is 2. The monoisotopic (exact) mass is 449 g/mol. The van der Waals surface area contributed by atoms with Crippen molar-refractivity contribution in [2.45, 2.75) is 19.4 Å². The maximum absolute atomic E-state index is 9.99. The Kier molecular flexibility index (Phi) is 6.68. The van der Waals surface area contributed by atoms with Crippen LogP contribution in [-0.2, 0) is 17.8 Å². The zero-order chi connectivity index (χ0) is 23.2. The number of hydrogen-bond donors (Lipinski definition) is 1. The predicted octanol–water partition coefficient (Wildman–Crippen LogP) is 6.29. The van der Waals surface area contributed by atoms with Crippen molar-refractivity contribution in [3.05, 3.63) is 125 Å². The third kappa shape index (κ3) is 5.03. The molecule has 0 aliphatic heterocycles. The minimum absolute atomic E-state index is 0.303. The van der Waals surface area contributed by atoms with Gasteiger partial charge in [-0.1, -0.05) is 54.6 Å². The molecule has 5 rings (SSSR count). The Bertz CT molecular complexity index is 1270. The number of phenolic OH excluding ortho intramolecular Hbond substituents is 1. The summed E-state index contributed by atoms with van der Waals surface area (Å²) >= 11 is 0. The van der Waals surface area contributed by atoms with E-state index in [4.69, 9.17) is 9.47 Å². The highest BCUT2D eigenvalue weighted by Crippen LogP contribution is 2.41. The lowest BCUT2D eigenvalue weighted by molar-refractivity contribution is 0.0889. The van der Waals surface area contributed by atoms with Crippen molar-refractivity contribution < 1.29 is 14.6 Å². The lowest BCUT2D eigenvalue weighted by atomic mass is 9.81. The van der Waals surface area contributed by atoms with Gasteiger partial charge in [-0.3, -0.25) is 4.98 Å². The molecule has 0 radical (unpaired) electrons. The van der Waals surface area contributed by atoms with Crippen LogP contribution in [0.1, 0.15) is 34.4 Å². The number of allylic oxidation sites excluding steroid dienone is 1. The van der Waals surface area contributed by atoms with E-state index in [9.17, 15) is 5.11 Å². The van der Waals surface area contributed by atoms with Gasteiger partial charge in [0.05, 0.1) is 18.9 Å². The van der Waals surface area contributed by atoms with Gasteiger partial charge in [-0.15, -0.1) is 0 Å². The number of fused-ring (bicyclic) bond motifs is 1. The molecular weight excluding hydrogens is 422 g/mol. The van der Waals surface area contributed by atoms with Crippen LogP contribution < -0.4 is 4.74 Å². The molecule has 0 spiro atoms. The summed E-state index contributed by atoms with van der Waals surface area (Å²) in [6.07, 6.45) is 3.59. The van der Waals surface area contributed by atoms with Crippen molar-refractivity contribution in [1.29, 1.82) is 0 Å². The fourth-order valence-corrected chi connectivity index (χ4v) is 4.41. The smallest absolute Gasteiger partial charge is 0.119 e. The van der Waals surface area contributed by atoms with Gasteiger partial charge in [0.25, 0.3) is 0 Å². The topological polar surface area (TPSA) is 51.6 Å². The summed E-state index contributed by atoms with van der Waals surface area (Å²) in [5.41, 5.74) is 7.95. The molecule has 34 heavy (non-hydrogen) atoms. The number of rotatable bonds is 8. The molecule has 0 amide bonds. The molecule has 170 valence electrons. The highest BCUT2D eigenvalue weighted by molar-refractivity contribution is 6.00. The third-order valence-electron chi connectivity index (χ3n) is 6.03. The number of hydrogen-bond acceptors (Lipinski definition) is 4. The summed E-state index contributed by atoms with van der Waals surface area (Å²) in [6.45, 7) is 1.61. The first-order valence-electron chi connectivity index (χ1n) is 11.6. The van der Waals surface area contributed by atoms with Gasteiger partial charge in [0, 0.05) is 6.20 Å². The molecule has 3 aromatic carbocycles. The average molecular weight is 450 g/mol. The zero-order valence-corrected chi connectivity index (χ0v) is 19.0. The first kappa shape index (κ1) is 21.9. The highest BCUT2D eigenvalue weighted by atomic mass is 16.5. The number of pyridine rings is 1. The van der Waals surface area contributed by atoms with Crippen molar-refractivity contribution in [2.24, 2.45) is 0 Å². The summed E-state index contributed by atoms with van der Waals surface area (Å²) in [5.74, 6) is 1.12. The number of benzene rings is 3. The second-order valence-corrected chi connectivity index (χ2v) is 8.32. The molecule has 1 aromatic heterocycles. The highest BCUT2D eigenvalue weighted by Gasteiger charge is 2.22. The fourth-order valence-electron chi connectivity index (χ4n) is 4.41. The standard InChI is InChI=1S/C30H27NO3/c32-25-12-16-27-24(20-25)11-15-28(29-8-4-5-17-31-29)30(27)23-9-13-26(14-10-23)34-19-18-33-21-22-6-2-1-3-7-22/h1-10,12-14,16-17,20,32H,11,15,18-19,21H2. The minimum atomic E-state index is 0.303. The van der Waals surface area contributed by atoms with Crippen LogP contribution >= 0.6 is 0 Å². The van der Waals surface area contributed by atoms with Crippen molar-refractivity contribution in [3.63, 3.8) is 0 Å². The predicted molar refractivity (Wildman–Crippen MR) is 135 cm³/mol. The van der Waals surface area contributed by atoms with E-state index in [0.29, 0.717) is 25.6 Å². The Hall–Kier alpha value is -3.89. The molecular formula is C30H27NO3. The van der Waals surface area contributed by atoms with Gasteiger partial charge in [-0.25, -0.2) is 0 Å². The Morgan fingerprint density at radius 1 is 0.794 bits per heavy atom. The minimum Gasteiger partial charge on any atom is -0.508 e. The van der Waals surface area contributed by atoms with E-state index in [1.807, 2.05) is 60.8 Å². The fraction of sp³-hybridized carbons (Fsp3) is 0.167. The van der Waals surface area contributed by atoms with E-state index in [2.05, 4.69) is 35.3 Å². The maximum atomic E-state index is 9.99. The molecule has 0 unspecified atom stereocenters. The maximum Gasteiger partial charge on any atom is 0.119 e. The SMILES string of the molecule is Oc1ccc2c(c1)CCC(c1ccccn1)=C2c1ccc(OCCOCc2ccccc2)cc1. The first-order chi connectivity index (χ1) is 16.8. The number of aryl methyl sites for hydroxylation is 1. The van der Waals surface area contributed by atoms with Crippen molar-refractivity contribution >= 4 is 11.1 Å². The summed E-state index contributed by atoms with van der Waals surface area (Å²) in [7, 11) is 0. The van der Waals surface area contributed by atoms with Gasteiger partial charge < -0.3 is 14.6 Å². The largest absolute Gasteiger partial charge is 0.508 e. The first-order valence-corrected chi connectivity index (χ1v) is 11.6. The Morgan fingerprint density at radius 2 is 1.62 bits per heavy atom. The molecule has 0 atom stereocenters. The van der Waals surface area contributed by atoms with E-state index < -0.39 is 0 Å². The van der Waals surface area contributed by atoms with Gasteiger partial charge in [-0.2, -0.15) is 0 Å². The lowest BCUT2D eigenvalue weighted by Crippen LogP contribution is -2.08. The van der Waals surface area contributed by atoms with Crippen LogP contribution in [0.4, 0.5) is 0 Å². The number of aromatic nitrogens is 1. The van der Waals surface area contributed by atoms with Crippen LogP contribution in [0, 0.1) is 0 Å². The van der Waals surface area contributed by atoms with E-state index in [0.717, 1.165) is 52.1 Å². The Labute approximate surface area is 200 Å². The van der Waals surface area contributed by atoms with Crippen molar-refractivity contribution in [2.75, 3.05) is 13.2 Å². The number of phenols is 1. The van der Waals surface area contributed by atoms with Gasteiger partial charge in [-0.05, 0) is 82.6 Å². The normalized spacial score (nSPS) is 12.9. The van der Waals surface area contributed by atoms with E-state index >= 15 is 0 Å². The molecule has 1 aliphatic rings. The summed E-state index contributed by atoms with van der Waals surface area (Å²) in [6, 6.07) is 30.0. The van der Waals surface area contributed by atoms with Gasteiger partial charge in [0.2, 0.25) is 0 Å². The van der Waals surface area contributed by atoms with E-state index in [1.165, 1.54) is 5.57 Å². The molecule has 0 fully saturated rings. The Balaban J connectivity index is 1.32. The molecule has 4 aromatic rings. The second kappa shape index (κ2) is 10.4. The van der Waals surface area contributed by atoms with E-state index in [-0.39, 0.29) is 0 Å². The van der Waals surface area contributed by atoms with Gasteiger partial charge in [0.15, 0.2) is 0 Å². The van der Waals surface area contributed by atoms with Crippen LogP contribution in [0.15, 0.2) is 97.2 Å². The lowest BCUT2D eigenvalue weighted by Gasteiger charge is -2.24. The molecule has 4 heteroatoms. The molecule has 0 saturated heterocycles. The molecule has 0 bridgehead atoms. The van der Waals surface area contributed by atoms with Crippen LogP contribution in [-0.4, -0.2) is 23.3 Å². The van der Waals surface area contributed by atoms with Crippen LogP contribution in [0.3, 0.4) is 0 Å². The molecule has 4 nitrogen and oxygen atoms in total. The molecule has 0 saturated carbocycles. The summed E-state index contributed by atoms with van der Waals surface area (Å²) < 4.78 is 11.6. The number of nitrogens with zero attached hydrogens (tertiary/aromatic N) is 1. The zero-order valence-electron chi connectivity index (χ0n) is 19.0.